The maximum atomic E-state index is 12.0. The van der Waals surface area contributed by atoms with Crippen LogP contribution in [0.15, 0.2) is 58.4 Å². The zero-order chi connectivity index (χ0) is 21.3. The predicted octanol–water partition coefficient (Wildman–Crippen LogP) is 3.34. The fraction of sp³-hybridized carbons (Fsp3) is 0.350. The molecule has 0 fully saturated rings. The molecule has 166 valence electrons. The summed E-state index contributed by atoms with van der Waals surface area (Å²) in [6, 6.07) is 14.0. The van der Waals surface area contributed by atoms with Crippen molar-refractivity contribution in [2.24, 2.45) is 4.99 Å². The number of likely N-dealkylation sites (N-methyl/N-ethyl adjacent to an activating group) is 1. The first-order chi connectivity index (χ1) is 13.9. The van der Waals surface area contributed by atoms with Crippen LogP contribution in [0.2, 0.25) is 5.02 Å². The molecule has 0 atom stereocenters. The summed E-state index contributed by atoms with van der Waals surface area (Å²) in [5.74, 6) is 1.47. The van der Waals surface area contributed by atoms with Gasteiger partial charge in [-0.1, -0.05) is 23.7 Å². The van der Waals surface area contributed by atoms with Crippen LogP contribution in [-0.2, 0) is 16.6 Å². The Morgan fingerprint density at radius 1 is 1.20 bits per heavy atom. The number of sulfonamides is 1. The van der Waals surface area contributed by atoms with E-state index < -0.39 is 10.0 Å². The summed E-state index contributed by atoms with van der Waals surface area (Å²) in [5, 5.41) is 3.91. The van der Waals surface area contributed by atoms with E-state index in [9.17, 15) is 8.42 Å². The normalized spacial score (nSPS) is 11.5. The zero-order valence-electron chi connectivity index (χ0n) is 17.3. The van der Waals surface area contributed by atoms with Crippen LogP contribution in [0.1, 0.15) is 12.5 Å². The molecule has 2 aromatic rings. The molecule has 2 aromatic carbocycles. The van der Waals surface area contributed by atoms with Crippen LogP contribution in [0.4, 0.5) is 0 Å². The summed E-state index contributed by atoms with van der Waals surface area (Å²) < 4.78 is 32.0. The summed E-state index contributed by atoms with van der Waals surface area (Å²) in [6.07, 6.45) is 0. The quantitative estimate of drug-likeness (QED) is 0.276. The smallest absolute Gasteiger partial charge is 0.240 e. The van der Waals surface area contributed by atoms with Crippen molar-refractivity contribution in [3.05, 3.63) is 59.1 Å². The lowest BCUT2D eigenvalue weighted by Gasteiger charge is -2.22. The Balaban J connectivity index is 0.00000450. The van der Waals surface area contributed by atoms with Crippen molar-refractivity contribution in [1.82, 2.24) is 14.9 Å². The predicted molar refractivity (Wildman–Crippen MR) is 132 cm³/mol. The van der Waals surface area contributed by atoms with E-state index in [0.29, 0.717) is 30.7 Å². The van der Waals surface area contributed by atoms with Crippen molar-refractivity contribution in [3.8, 4) is 5.75 Å². The molecule has 0 aliphatic carbocycles. The van der Waals surface area contributed by atoms with Gasteiger partial charge in [-0.15, -0.1) is 24.0 Å². The number of hydrogen-bond donors (Lipinski definition) is 2. The van der Waals surface area contributed by atoms with E-state index in [0.717, 1.165) is 17.9 Å². The summed E-state index contributed by atoms with van der Waals surface area (Å²) in [7, 11) is -0.158. The van der Waals surface area contributed by atoms with Gasteiger partial charge >= 0.3 is 0 Å². The molecule has 2 N–H and O–H groups in total. The maximum absolute atomic E-state index is 12.0. The third-order valence-electron chi connectivity index (χ3n) is 4.09. The second-order valence-corrected chi connectivity index (χ2v) is 8.57. The van der Waals surface area contributed by atoms with E-state index in [1.165, 1.54) is 7.05 Å². The number of nitrogens with zero attached hydrogens (tertiary/aromatic N) is 2. The number of nitrogens with one attached hydrogen (secondary N) is 2. The highest BCUT2D eigenvalue weighted by Gasteiger charge is 2.11. The molecule has 0 heterocycles. The highest BCUT2D eigenvalue weighted by molar-refractivity contribution is 14.0. The summed E-state index contributed by atoms with van der Waals surface area (Å²) in [5.41, 5.74) is 0.808. The van der Waals surface area contributed by atoms with Crippen LogP contribution in [-0.4, -0.2) is 53.1 Å². The Hall–Kier alpha value is -1.56. The topological polar surface area (TPSA) is 83.0 Å². The molecular formula is C20H28ClIN4O3S. The Morgan fingerprint density at radius 3 is 2.53 bits per heavy atom. The third-order valence-corrected chi connectivity index (χ3v) is 5.76. The number of aliphatic imine (C=N–C) groups is 1. The van der Waals surface area contributed by atoms with Crippen molar-refractivity contribution in [2.45, 2.75) is 18.4 Å². The van der Waals surface area contributed by atoms with Crippen molar-refractivity contribution < 1.29 is 13.2 Å². The van der Waals surface area contributed by atoms with Crippen LogP contribution in [0.5, 0.6) is 5.75 Å². The van der Waals surface area contributed by atoms with E-state index in [1.807, 2.05) is 37.1 Å². The van der Waals surface area contributed by atoms with E-state index >= 15 is 0 Å². The molecule has 30 heavy (non-hydrogen) atoms. The van der Waals surface area contributed by atoms with Crippen LogP contribution in [0.25, 0.3) is 0 Å². The van der Waals surface area contributed by atoms with Gasteiger partial charge in [0.2, 0.25) is 10.0 Å². The summed E-state index contributed by atoms with van der Waals surface area (Å²) >= 11 is 5.88. The van der Waals surface area contributed by atoms with E-state index in [4.69, 9.17) is 16.3 Å². The lowest BCUT2D eigenvalue weighted by Crippen LogP contribution is -2.40. The first kappa shape index (κ1) is 26.5. The van der Waals surface area contributed by atoms with Gasteiger partial charge in [0.15, 0.2) is 5.96 Å². The molecule has 0 amide bonds. The van der Waals surface area contributed by atoms with Crippen molar-refractivity contribution in [3.63, 3.8) is 0 Å². The summed E-state index contributed by atoms with van der Waals surface area (Å²) in [4.78, 5) is 6.80. The van der Waals surface area contributed by atoms with E-state index in [1.54, 1.807) is 30.3 Å². The first-order valence-corrected chi connectivity index (χ1v) is 11.1. The molecule has 0 spiro atoms. The number of rotatable bonds is 9. The van der Waals surface area contributed by atoms with Crippen LogP contribution < -0.4 is 14.8 Å². The van der Waals surface area contributed by atoms with E-state index in [2.05, 4.69) is 15.0 Å². The minimum absolute atomic E-state index is 0. The Morgan fingerprint density at radius 2 is 1.90 bits per heavy atom. The van der Waals surface area contributed by atoms with Crippen LogP contribution in [0, 0.1) is 0 Å². The molecular weight excluding hydrogens is 539 g/mol. The molecule has 10 heteroatoms. The van der Waals surface area contributed by atoms with Crippen molar-refractivity contribution >= 4 is 51.6 Å². The van der Waals surface area contributed by atoms with Gasteiger partial charge in [0.25, 0.3) is 0 Å². The highest BCUT2D eigenvalue weighted by atomic mass is 127. The molecule has 0 saturated heterocycles. The monoisotopic (exact) mass is 566 g/mol. The number of ether oxygens (including phenoxy) is 1. The highest BCUT2D eigenvalue weighted by Crippen LogP contribution is 2.15. The maximum Gasteiger partial charge on any atom is 0.240 e. The Labute approximate surface area is 200 Å². The molecule has 0 aliphatic heterocycles. The van der Waals surface area contributed by atoms with Crippen LogP contribution in [0.3, 0.4) is 0 Å². The van der Waals surface area contributed by atoms with Gasteiger partial charge in [-0.25, -0.2) is 18.1 Å². The average Bonchev–Trinajstić information content (AvgIpc) is 2.72. The minimum atomic E-state index is -3.48. The molecule has 0 aliphatic rings. The Bertz CT molecular complexity index is 924. The average molecular weight is 567 g/mol. The standard InChI is InChI=1S/C20H27ClN4O3S.HI/c1-4-23-20(25(3)12-13-28-18-10-8-17(21)9-11-18)24-15-16-6-5-7-19(14-16)29(26,27)22-2;/h5-11,14,22H,4,12-13,15H2,1-3H3,(H,23,24);1H. The largest absolute Gasteiger partial charge is 0.492 e. The third kappa shape index (κ3) is 8.29. The van der Waals surface area contributed by atoms with Gasteiger partial charge in [0, 0.05) is 18.6 Å². The molecule has 2 rings (SSSR count). The van der Waals surface area contributed by atoms with Crippen molar-refractivity contribution in [2.75, 3.05) is 33.8 Å². The molecule has 7 nitrogen and oxygen atoms in total. The molecule has 0 bridgehead atoms. The van der Waals surface area contributed by atoms with Gasteiger partial charge in [-0.2, -0.15) is 0 Å². The molecule has 0 saturated carbocycles. The zero-order valence-corrected chi connectivity index (χ0v) is 21.2. The lowest BCUT2D eigenvalue weighted by molar-refractivity contribution is 0.281. The van der Waals surface area contributed by atoms with Crippen molar-refractivity contribution in [1.29, 1.82) is 0 Å². The number of benzene rings is 2. The second kappa shape index (κ2) is 13.0. The minimum Gasteiger partial charge on any atom is -0.492 e. The number of hydrogen-bond acceptors (Lipinski definition) is 4. The molecule has 0 radical (unpaired) electrons. The summed E-state index contributed by atoms with van der Waals surface area (Å²) in [6.45, 7) is 4.18. The van der Waals surface area contributed by atoms with Gasteiger partial charge in [0.05, 0.1) is 18.0 Å². The van der Waals surface area contributed by atoms with E-state index in [-0.39, 0.29) is 28.9 Å². The fourth-order valence-corrected chi connectivity index (χ4v) is 3.43. The number of guanidine groups is 1. The van der Waals surface area contributed by atoms with Gasteiger partial charge < -0.3 is 15.0 Å². The van der Waals surface area contributed by atoms with Crippen LogP contribution >= 0.6 is 35.6 Å². The SMILES string of the molecule is CCNC(=NCc1cccc(S(=O)(=O)NC)c1)N(C)CCOc1ccc(Cl)cc1.I. The van der Waals surface area contributed by atoms with Gasteiger partial charge in [-0.3, -0.25) is 0 Å². The van der Waals surface area contributed by atoms with Gasteiger partial charge in [-0.05, 0) is 55.9 Å². The second-order valence-electron chi connectivity index (χ2n) is 6.25. The van der Waals surface area contributed by atoms with Gasteiger partial charge in [0.1, 0.15) is 12.4 Å². The number of halogens is 2. The molecule has 0 aromatic heterocycles. The molecule has 0 unspecified atom stereocenters. The lowest BCUT2D eigenvalue weighted by atomic mass is 10.2. The first-order valence-electron chi connectivity index (χ1n) is 9.26. The Kier molecular flexibility index (Phi) is 11.5. The fourth-order valence-electron chi connectivity index (χ4n) is 2.50.